The summed E-state index contributed by atoms with van der Waals surface area (Å²) in [5.74, 6) is 0.0695. The standard InChI is InChI=1S/C17H20N2O/c1-13(15-7-3-2-4-8-15)11-19-12-14-6-5-9-16(10-14)17(18)20/h2-10,13,19H,11-12H2,1H3,(H2,18,20). The van der Waals surface area contributed by atoms with Crippen molar-refractivity contribution in [1.82, 2.24) is 5.32 Å². The number of nitrogens with one attached hydrogen (secondary N) is 1. The Labute approximate surface area is 119 Å². The first-order valence-electron chi connectivity index (χ1n) is 6.81. The molecule has 1 atom stereocenters. The minimum absolute atomic E-state index is 0.385. The average Bonchev–Trinajstić information content (AvgIpc) is 2.48. The molecule has 0 heterocycles. The van der Waals surface area contributed by atoms with Gasteiger partial charge in [0.05, 0.1) is 0 Å². The second-order valence-electron chi connectivity index (χ2n) is 5.01. The van der Waals surface area contributed by atoms with Crippen LogP contribution in [0.4, 0.5) is 0 Å². The van der Waals surface area contributed by atoms with Crippen LogP contribution in [0.5, 0.6) is 0 Å². The number of carbonyl (C=O) groups is 1. The Bertz CT molecular complexity index is 566. The highest BCUT2D eigenvalue weighted by Crippen LogP contribution is 2.13. The van der Waals surface area contributed by atoms with E-state index < -0.39 is 0 Å². The summed E-state index contributed by atoms with van der Waals surface area (Å²) in [6.45, 7) is 3.82. The molecule has 3 N–H and O–H groups in total. The molecule has 0 aromatic heterocycles. The molecule has 1 amide bonds. The van der Waals surface area contributed by atoms with Crippen molar-refractivity contribution < 1.29 is 4.79 Å². The SMILES string of the molecule is CC(CNCc1cccc(C(N)=O)c1)c1ccccc1. The number of benzene rings is 2. The van der Waals surface area contributed by atoms with Crippen LogP contribution >= 0.6 is 0 Å². The third kappa shape index (κ3) is 3.93. The first-order valence-corrected chi connectivity index (χ1v) is 6.81. The van der Waals surface area contributed by atoms with Crippen LogP contribution in [0.25, 0.3) is 0 Å². The predicted octanol–water partition coefficient (Wildman–Crippen LogP) is 2.68. The third-order valence-corrected chi connectivity index (χ3v) is 3.36. The molecule has 2 aromatic rings. The fraction of sp³-hybridized carbons (Fsp3) is 0.235. The zero-order chi connectivity index (χ0) is 14.4. The zero-order valence-corrected chi connectivity index (χ0v) is 11.7. The first-order chi connectivity index (χ1) is 9.66. The molecule has 2 rings (SSSR count). The second-order valence-corrected chi connectivity index (χ2v) is 5.01. The van der Waals surface area contributed by atoms with Gasteiger partial charge in [-0.05, 0) is 29.2 Å². The molecule has 0 saturated carbocycles. The summed E-state index contributed by atoms with van der Waals surface area (Å²) in [7, 11) is 0. The fourth-order valence-electron chi connectivity index (χ4n) is 2.17. The lowest BCUT2D eigenvalue weighted by molar-refractivity contribution is 0.1000. The average molecular weight is 268 g/mol. The molecule has 0 bridgehead atoms. The highest BCUT2D eigenvalue weighted by atomic mass is 16.1. The van der Waals surface area contributed by atoms with Gasteiger partial charge in [-0.3, -0.25) is 4.79 Å². The highest BCUT2D eigenvalue weighted by Gasteiger charge is 2.05. The van der Waals surface area contributed by atoms with Crippen molar-refractivity contribution in [3.8, 4) is 0 Å². The summed E-state index contributed by atoms with van der Waals surface area (Å²) in [6, 6.07) is 17.8. The number of primary amides is 1. The normalized spacial score (nSPS) is 12.1. The van der Waals surface area contributed by atoms with Crippen molar-refractivity contribution in [3.63, 3.8) is 0 Å². The van der Waals surface area contributed by atoms with Gasteiger partial charge in [-0.1, -0.05) is 49.4 Å². The van der Waals surface area contributed by atoms with Crippen LogP contribution in [-0.2, 0) is 6.54 Å². The van der Waals surface area contributed by atoms with Crippen molar-refractivity contribution in [2.24, 2.45) is 5.73 Å². The zero-order valence-electron chi connectivity index (χ0n) is 11.7. The number of hydrogen-bond acceptors (Lipinski definition) is 2. The molecule has 104 valence electrons. The highest BCUT2D eigenvalue weighted by molar-refractivity contribution is 5.92. The van der Waals surface area contributed by atoms with Crippen LogP contribution in [0.2, 0.25) is 0 Å². The van der Waals surface area contributed by atoms with E-state index in [9.17, 15) is 4.79 Å². The number of nitrogens with two attached hydrogens (primary N) is 1. The van der Waals surface area contributed by atoms with Crippen molar-refractivity contribution in [2.45, 2.75) is 19.4 Å². The van der Waals surface area contributed by atoms with Crippen molar-refractivity contribution >= 4 is 5.91 Å². The Morgan fingerprint density at radius 2 is 1.90 bits per heavy atom. The van der Waals surface area contributed by atoms with Crippen LogP contribution < -0.4 is 11.1 Å². The van der Waals surface area contributed by atoms with Gasteiger partial charge < -0.3 is 11.1 Å². The lowest BCUT2D eigenvalue weighted by Gasteiger charge is -2.13. The van der Waals surface area contributed by atoms with Gasteiger partial charge in [-0.25, -0.2) is 0 Å². The fourth-order valence-corrected chi connectivity index (χ4v) is 2.17. The number of hydrogen-bond donors (Lipinski definition) is 2. The minimum Gasteiger partial charge on any atom is -0.366 e. The van der Waals surface area contributed by atoms with E-state index in [1.165, 1.54) is 5.56 Å². The maximum Gasteiger partial charge on any atom is 0.248 e. The maximum atomic E-state index is 11.1. The molecular weight excluding hydrogens is 248 g/mol. The summed E-state index contributed by atoms with van der Waals surface area (Å²) in [6.07, 6.45) is 0. The van der Waals surface area contributed by atoms with Crippen LogP contribution in [0, 0.1) is 0 Å². The summed E-state index contributed by atoms with van der Waals surface area (Å²) in [5, 5.41) is 3.41. The number of carbonyl (C=O) groups excluding carboxylic acids is 1. The van der Waals surface area contributed by atoms with E-state index in [0.717, 1.165) is 18.7 Å². The monoisotopic (exact) mass is 268 g/mol. The Hall–Kier alpha value is -2.13. The van der Waals surface area contributed by atoms with Gasteiger partial charge in [0.1, 0.15) is 0 Å². The second kappa shape index (κ2) is 6.87. The molecule has 0 fully saturated rings. The van der Waals surface area contributed by atoms with Gasteiger partial charge in [0.2, 0.25) is 5.91 Å². The van der Waals surface area contributed by atoms with E-state index >= 15 is 0 Å². The Morgan fingerprint density at radius 1 is 1.15 bits per heavy atom. The van der Waals surface area contributed by atoms with Crippen molar-refractivity contribution in [1.29, 1.82) is 0 Å². The van der Waals surface area contributed by atoms with Gasteiger partial charge in [0, 0.05) is 18.7 Å². The van der Waals surface area contributed by atoms with Crippen LogP contribution in [0.1, 0.15) is 34.3 Å². The maximum absolute atomic E-state index is 11.1. The summed E-state index contributed by atoms with van der Waals surface area (Å²) in [5.41, 5.74) is 8.23. The molecule has 0 saturated heterocycles. The molecule has 2 aromatic carbocycles. The lowest BCUT2D eigenvalue weighted by Crippen LogP contribution is -2.20. The van der Waals surface area contributed by atoms with E-state index in [1.807, 2.05) is 24.3 Å². The largest absolute Gasteiger partial charge is 0.366 e. The molecule has 3 heteroatoms. The quantitative estimate of drug-likeness (QED) is 0.846. The smallest absolute Gasteiger partial charge is 0.248 e. The molecule has 0 radical (unpaired) electrons. The van der Waals surface area contributed by atoms with Gasteiger partial charge >= 0.3 is 0 Å². The van der Waals surface area contributed by atoms with E-state index in [4.69, 9.17) is 5.73 Å². The Morgan fingerprint density at radius 3 is 2.60 bits per heavy atom. The van der Waals surface area contributed by atoms with E-state index in [0.29, 0.717) is 11.5 Å². The molecular formula is C17H20N2O. The third-order valence-electron chi connectivity index (χ3n) is 3.36. The molecule has 0 spiro atoms. The molecule has 0 aliphatic heterocycles. The van der Waals surface area contributed by atoms with E-state index in [1.54, 1.807) is 6.07 Å². The summed E-state index contributed by atoms with van der Waals surface area (Å²) < 4.78 is 0. The van der Waals surface area contributed by atoms with Gasteiger partial charge in [0.25, 0.3) is 0 Å². The molecule has 3 nitrogen and oxygen atoms in total. The van der Waals surface area contributed by atoms with Gasteiger partial charge in [-0.2, -0.15) is 0 Å². The van der Waals surface area contributed by atoms with Gasteiger partial charge in [-0.15, -0.1) is 0 Å². The van der Waals surface area contributed by atoms with Crippen LogP contribution in [0.15, 0.2) is 54.6 Å². The minimum atomic E-state index is -0.385. The molecule has 0 aliphatic carbocycles. The topological polar surface area (TPSA) is 55.1 Å². The van der Waals surface area contributed by atoms with Crippen LogP contribution in [-0.4, -0.2) is 12.5 Å². The van der Waals surface area contributed by atoms with Crippen molar-refractivity contribution in [3.05, 3.63) is 71.3 Å². The van der Waals surface area contributed by atoms with Gasteiger partial charge in [0.15, 0.2) is 0 Å². The van der Waals surface area contributed by atoms with Crippen molar-refractivity contribution in [2.75, 3.05) is 6.54 Å². The molecule has 0 aliphatic rings. The number of amides is 1. The Kier molecular flexibility index (Phi) is 4.91. The molecule has 1 unspecified atom stereocenters. The predicted molar refractivity (Wildman–Crippen MR) is 81.5 cm³/mol. The number of rotatable bonds is 6. The van der Waals surface area contributed by atoms with E-state index in [2.05, 4.69) is 36.5 Å². The summed E-state index contributed by atoms with van der Waals surface area (Å²) >= 11 is 0. The lowest BCUT2D eigenvalue weighted by atomic mass is 10.0. The Balaban J connectivity index is 1.87. The van der Waals surface area contributed by atoms with E-state index in [-0.39, 0.29) is 5.91 Å². The summed E-state index contributed by atoms with van der Waals surface area (Å²) in [4.78, 5) is 11.1. The molecule has 20 heavy (non-hydrogen) atoms. The first kappa shape index (κ1) is 14.3. The van der Waals surface area contributed by atoms with Crippen LogP contribution in [0.3, 0.4) is 0 Å².